The Labute approximate surface area is 108 Å². The molecule has 4 nitrogen and oxygen atoms in total. The fourth-order valence-electron chi connectivity index (χ4n) is 1.14. The summed E-state index contributed by atoms with van der Waals surface area (Å²) in [7, 11) is 0. The molecule has 1 rings (SSSR count). The highest BCUT2D eigenvalue weighted by molar-refractivity contribution is 9.10. The van der Waals surface area contributed by atoms with Gasteiger partial charge in [-0.1, -0.05) is 15.9 Å². The molecule has 0 radical (unpaired) electrons. The first-order valence-electron chi connectivity index (χ1n) is 5.10. The van der Waals surface area contributed by atoms with Gasteiger partial charge in [0.2, 0.25) is 0 Å². The molecule has 5 heteroatoms. The largest absolute Gasteiger partial charge is 0.482 e. The normalized spacial score (nSPS) is 10.1. The van der Waals surface area contributed by atoms with Crippen molar-refractivity contribution in [2.24, 2.45) is 0 Å². The lowest BCUT2D eigenvalue weighted by molar-refractivity contribution is -0.149. The van der Waals surface area contributed by atoms with E-state index >= 15 is 0 Å². The fourth-order valence-corrected chi connectivity index (χ4v) is 1.48. The van der Waals surface area contributed by atoms with E-state index < -0.39 is 5.97 Å². The minimum Gasteiger partial charge on any atom is -0.482 e. The van der Waals surface area contributed by atoms with Gasteiger partial charge in [0.25, 0.3) is 0 Å². The summed E-state index contributed by atoms with van der Waals surface area (Å²) in [6.07, 6.45) is 0.546. The van der Waals surface area contributed by atoms with Crippen LogP contribution in [0.15, 0.2) is 22.7 Å². The third-order valence-corrected chi connectivity index (χ3v) is 2.54. The number of carbonyl (C=O) groups excluding carboxylic acids is 2. The van der Waals surface area contributed by atoms with E-state index in [1.807, 2.05) is 0 Å². The summed E-state index contributed by atoms with van der Waals surface area (Å²) in [6, 6.07) is 4.91. The van der Waals surface area contributed by atoms with Gasteiger partial charge in [0.15, 0.2) is 12.9 Å². The van der Waals surface area contributed by atoms with E-state index in [1.54, 1.807) is 32.0 Å². The van der Waals surface area contributed by atoms with E-state index in [2.05, 4.69) is 15.9 Å². The molecule has 0 spiro atoms. The maximum Gasteiger partial charge on any atom is 0.344 e. The maximum absolute atomic E-state index is 11.2. The lowest BCUT2D eigenvalue weighted by atomic mass is 10.2. The Morgan fingerprint density at radius 3 is 2.76 bits per heavy atom. The smallest absolute Gasteiger partial charge is 0.344 e. The molecule has 0 bridgehead atoms. The standard InChI is InChI=1S/C12H13BrO4/c1-8(2)17-12(15)7-16-10-3-4-11(13)9(5-10)6-14/h3-6,8H,7H2,1-2H3. The van der Waals surface area contributed by atoms with Crippen molar-refractivity contribution in [1.82, 2.24) is 0 Å². The van der Waals surface area contributed by atoms with Crippen LogP contribution in [0.5, 0.6) is 5.75 Å². The molecule has 0 atom stereocenters. The third-order valence-electron chi connectivity index (χ3n) is 1.82. The van der Waals surface area contributed by atoms with Gasteiger partial charge in [-0.05, 0) is 32.0 Å². The van der Waals surface area contributed by atoms with Gasteiger partial charge >= 0.3 is 5.97 Å². The van der Waals surface area contributed by atoms with Gasteiger partial charge in [0, 0.05) is 10.0 Å². The summed E-state index contributed by atoms with van der Waals surface area (Å²) in [4.78, 5) is 21.9. The van der Waals surface area contributed by atoms with Crippen molar-refractivity contribution in [2.45, 2.75) is 20.0 Å². The highest BCUT2D eigenvalue weighted by Gasteiger charge is 2.07. The van der Waals surface area contributed by atoms with Crippen LogP contribution in [-0.4, -0.2) is 25.0 Å². The Kier molecular flexibility index (Phi) is 5.15. The fraction of sp³-hybridized carbons (Fsp3) is 0.333. The first kappa shape index (κ1) is 13.7. The molecule has 92 valence electrons. The second-order valence-electron chi connectivity index (χ2n) is 3.63. The van der Waals surface area contributed by atoms with Crippen LogP contribution in [0.2, 0.25) is 0 Å². The molecular weight excluding hydrogens is 288 g/mol. The zero-order valence-electron chi connectivity index (χ0n) is 9.60. The van der Waals surface area contributed by atoms with Crippen LogP contribution in [0.25, 0.3) is 0 Å². The molecule has 0 saturated carbocycles. The monoisotopic (exact) mass is 300 g/mol. The number of ether oxygens (including phenoxy) is 2. The lowest BCUT2D eigenvalue weighted by Gasteiger charge is -2.09. The molecule has 17 heavy (non-hydrogen) atoms. The number of esters is 1. The van der Waals surface area contributed by atoms with Crippen molar-refractivity contribution in [2.75, 3.05) is 6.61 Å². The number of hydrogen-bond donors (Lipinski definition) is 0. The zero-order chi connectivity index (χ0) is 12.8. The Hall–Kier alpha value is -1.36. The van der Waals surface area contributed by atoms with Crippen molar-refractivity contribution >= 4 is 28.2 Å². The first-order valence-corrected chi connectivity index (χ1v) is 5.89. The molecular formula is C12H13BrO4. The Balaban J connectivity index is 2.58. The molecule has 0 unspecified atom stereocenters. The predicted octanol–water partition coefficient (Wildman–Crippen LogP) is 2.59. The molecule has 0 amide bonds. The molecule has 0 N–H and O–H groups in total. The average Bonchev–Trinajstić information content (AvgIpc) is 2.27. The Bertz CT molecular complexity index is 415. The van der Waals surface area contributed by atoms with Gasteiger partial charge in [-0.25, -0.2) is 4.79 Å². The summed E-state index contributed by atoms with van der Waals surface area (Å²) in [5.41, 5.74) is 0.472. The third kappa shape index (κ3) is 4.56. The Morgan fingerprint density at radius 1 is 1.47 bits per heavy atom. The molecule has 0 saturated heterocycles. The second kappa shape index (κ2) is 6.39. The number of benzene rings is 1. The van der Waals surface area contributed by atoms with E-state index in [-0.39, 0.29) is 12.7 Å². The van der Waals surface area contributed by atoms with Crippen molar-refractivity contribution in [3.63, 3.8) is 0 Å². The number of rotatable bonds is 5. The molecule has 1 aromatic carbocycles. The quantitative estimate of drug-likeness (QED) is 0.619. The number of carbonyl (C=O) groups is 2. The van der Waals surface area contributed by atoms with Crippen LogP contribution in [0.3, 0.4) is 0 Å². The molecule has 0 fully saturated rings. The van der Waals surface area contributed by atoms with Crippen LogP contribution in [-0.2, 0) is 9.53 Å². The van der Waals surface area contributed by atoms with Crippen molar-refractivity contribution in [3.05, 3.63) is 28.2 Å². The van der Waals surface area contributed by atoms with E-state index in [9.17, 15) is 9.59 Å². The van der Waals surface area contributed by atoms with Gasteiger partial charge in [-0.3, -0.25) is 4.79 Å². The second-order valence-corrected chi connectivity index (χ2v) is 4.48. The van der Waals surface area contributed by atoms with Crippen LogP contribution < -0.4 is 4.74 Å². The zero-order valence-corrected chi connectivity index (χ0v) is 11.2. The molecule has 0 aliphatic heterocycles. The summed E-state index contributed by atoms with van der Waals surface area (Å²) in [5.74, 6) is 0.0200. The number of hydrogen-bond acceptors (Lipinski definition) is 4. The van der Waals surface area contributed by atoms with E-state index in [0.29, 0.717) is 22.1 Å². The van der Waals surface area contributed by atoms with Crippen molar-refractivity contribution < 1.29 is 19.1 Å². The summed E-state index contributed by atoms with van der Waals surface area (Å²) >= 11 is 3.22. The van der Waals surface area contributed by atoms with Crippen molar-refractivity contribution in [3.8, 4) is 5.75 Å². The average molecular weight is 301 g/mol. The van der Waals surface area contributed by atoms with E-state index in [4.69, 9.17) is 9.47 Å². The molecule has 0 aliphatic rings. The molecule has 0 aliphatic carbocycles. The first-order chi connectivity index (χ1) is 8.02. The van der Waals surface area contributed by atoms with Gasteiger partial charge < -0.3 is 9.47 Å². The summed E-state index contributed by atoms with van der Waals surface area (Å²) < 4.78 is 10.8. The van der Waals surface area contributed by atoms with Gasteiger partial charge in [0.05, 0.1) is 6.10 Å². The summed E-state index contributed by atoms with van der Waals surface area (Å²) in [5, 5.41) is 0. The number of halogens is 1. The lowest BCUT2D eigenvalue weighted by Crippen LogP contribution is -2.18. The van der Waals surface area contributed by atoms with Crippen LogP contribution in [0.1, 0.15) is 24.2 Å². The topological polar surface area (TPSA) is 52.6 Å². The molecule has 0 aromatic heterocycles. The maximum atomic E-state index is 11.2. The van der Waals surface area contributed by atoms with Crippen LogP contribution in [0.4, 0.5) is 0 Å². The SMILES string of the molecule is CC(C)OC(=O)COc1ccc(Br)c(C=O)c1. The minimum absolute atomic E-state index is 0.165. The minimum atomic E-state index is -0.435. The van der Waals surface area contributed by atoms with Gasteiger partial charge in [0.1, 0.15) is 5.75 Å². The van der Waals surface area contributed by atoms with Crippen LogP contribution >= 0.6 is 15.9 Å². The molecule has 0 heterocycles. The predicted molar refractivity (Wildman–Crippen MR) is 66.3 cm³/mol. The number of aldehydes is 1. The van der Waals surface area contributed by atoms with Gasteiger partial charge in [-0.15, -0.1) is 0 Å². The van der Waals surface area contributed by atoms with Gasteiger partial charge in [-0.2, -0.15) is 0 Å². The molecule has 1 aromatic rings. The Morgan fingerprint density at radius 2 is 2.18 bits per heavy atom. The van der Waals surface area contributed by atoms with Crippen molar-refractivity contribution in [1.29, 1.82) is 0 Å². The highest BCUT2D eigenvalue weighted by atomic mass is 79.9. The highest BCUT2D eigenvalue weighted by Crippen LogP contribution is 2.21. The van der Waals surface area contributed by atoms with E-state index in [1.165, 1.54) is 0 Å². The summed E-state index contributed by atoms with van der Waals surface area (Å²) in [6.45, 7) is 3.36. The van der Waals surface area contributed by atoms with Crippen LogP contribution in [0, 0.1) is 0 Å². The van der Waals surface area contributed by atoms with E-state index in [0.717, 1.165) is 0 Å².